The second-order valence-electron chi connectivity index (χ2n) is 7.35. The molecule has 184 valence electrons. The van der Waals surface area contributed by atoms with E-state index in [0.29, 0.717) is 16.3 Å². The van der Waals surface area contributed by atoms with Gasteiger partial charge in [-0.05, 0) is 36.4 Å². The van der Waals surface area contributed by atoms with Crippen molar-refractivity contribution in [3.8, 4) is 28.4 Å². The number of aromatic nitrogens is 2. The minimum absolute atomic E-state index is 0.0255. The van der Waals surface area contributed by atoms with E-state index in [9.17, 15) is 14.7 Å². The number of hydrogen-bond acceptors (Lipinski definition) is 8. The maximum absolute atomic E-state index is 12.9. The Morgan fingerprint density at radius 1 is 0.944 bits per heavy atom. The molecule has 10 heteroatoms. The van der Waals surface area contributed by atoms with Crippen LogP contribution < -0.4 is 4.74 Å². The van der Waals surface area contributed by atoms with Gasteiger partial charge in [-0.3, -0.25) is 0 Å². The van der Waals surface area contributed by atoms with Crippen LogP contribution in [0.4, 0.5) is 0 Å². The lowest BCUT2D eigenvalue weighted by atomic mass is 10.0. The number of carbonyl (C=O) groups excluding carboxylic acids is 2. The molecule has 1 heterocycles. The summed E-state index contributed by atoms with van der Waals surface area (Å²) in [5, 5.41) is 15.6. The number of carbonyl (C=O) groups is 2. The number of benzene rings is 3. The number of esters is 2. The molecule has 1 aromatic heterocycles. The molecule has 0 amide bonds. The molecule has 0 aliphatic carbocycles. The molecule has 0 saturated heterocycles. The predicted octanol–water partition coefficient (Wildman–Crippen LogP) is 5.63. The lowest BCUT2D eigenvalue weighted by molar-refractivity contribution is 0.0549. The van der Waals surface area contributed by atoms with Gasteiger partial charge >= 0.3 is 11.9 Å². The van der Waals surface area contributed by atoms with Crippen molar-refractivity contribution in [2.45, 2.75) is 9.79 Å². The van der Waals surface area contributed by atoms with Crippen LogP contribution in [0.2, 0.25) is 5.02 Å². The zero-order valence-electron chi connectivity index (χ0n) is 19.5. The topological polar surface area (TPSA) is 99.9 Å². The first-order valence-corrected chi connectivity index (χ1v) is 11.8. The summed E-state index contributed by atoms with van der Waals surface area (Å²) in [7, 11) is 3.95. The molecule has 8 nitrogen and oxygen atoms in total. The van der Waals surface area contributed by atoms with Crippen molar-refractivity contribution in [3.05, 3.63) is 83.0 Å². The Hall–Kier alpha value is -3.95. The molecule has 0 unspecified atom stereocenters. The van der Waals surface area contributed by atoms with Crippen LogP contribution in [-0.4, -0.2) is 48.2 Å². The molecule has 0 fully saturated rings. The highest BCUT2D eigenvalue weighted by Crippen LogP contribution is 2.44. The minimum Gasteiger partial charge on any atom is -0.507 e. The first kappa shape index (κ1) is 25.2. The Morgan fingerprint density at radius 2 is 1.61 bits per heavy atom. The van der Waals surface area contributed by atoms with Crippen molar-refractivity contribution in [2.24, 2.45) is 0 Å². The van der Waals surface area contributed by atoms with Gasteiger partial charge in [0.1, 0.15) is 22.8 Å². The van der Waals surface area contributed by atoms with Crippen molar-refractivity contribution in [3.63, 3.8) is 0 Å². The summed E-state index contributed by atoms with van der Waals surface area (Å²) in [5.74, 6) is -1.22. The molecule has 4 aromatic rings. The third-order valence-corrected chi connectivity index (χ3v) is 6.56. The summed E-state index contributed by atoms with van der Waals surface area (Å²) in [6.45, 7) is 0. The minimum atomic E-state index is -0.837. The highest BCUT2D eigenvalue weighted by Gasteiger charge is 2.33. The summed E-state index contributed by atoms with van der Waals surface area (Å²) in [4.78, 5) is 27.1. The molecular formula is C26H21ClN2O6S. The third kappa shape index (κ3) is 4.75. The summed E-state index contributed by atoms with van der Waals surface area (Å²) in [5.41, 5.74) is 0.195. The number of aromatic hydroxyl groups is 1. The molecule has 0 aliphatic heterocycles. The molecule has 0 atom stereocenters. The van der Waals surface area contributed by atoms with Gasteiger partial charge in [0.2, 0.25) is 0 Å². The number of halogens is 1. The van der Waals surface area contributed by atoms with Gasteiger partial charge in [0.05, 0.1) is 42.5 Å². The van der Waals surface area contributed by atoms with E-state index in [0.717, 1.165) is 4.90 Å². The largest absolute Gasteiger partial charge is 0.507 e. The van der Waals surface area contributed by atoms with Gasteiger partial charge in [0.15, 0.2) is 5.69 Å². The van der Waals surface area contributed by atoms with Crippen molar-refractivity contribution in [1.29, 1.82) is 0 Å². The van der Waals surface area contributed by atoms with Gasteiger partial charge < -0.3 is 19.3 Å². The molecule has 0 bridgehead atoms. The Kier molecular flexibility index (Phi) is 7.52. The quantitative estimate of drug-likeness (QED) is 0.310. The van der Waals surface area contributed by atoms with Gasteiger partial charge in [0, 0.05) is 4.90 Å². The zero-order valence-corrected chi connectivity index (χ0v) is 21.1. The van der Waals surface area contributed by atoms with Gasteiger partial charge in [-0.15, -0.1) is 0 Å². The number of phenolic OH excluding ortho intramolecular Hbond substituents is 1. The van der Waals surface area contributed by atoms with Crippen molar-refractivity contribution in [1.82, 2.24) is 9.78 Å². The summed E-state index contributed by atoms with van der Waals surface area (Å²) in [6, 6.07) is 19.3. The number of ether oxygens (including phenoxy) is 3. The van der Waals surface area contributed by atoms with Gasteiger partial charge in [-0.25, -0.2) is 14.3 Å². The monoisotopic (exact) mass is 524 g/mol. The van der Waals surface area contributed by atoms with E-state index >= 15 is 0 Å². The van der Waals surface area contributed by atoms with E-state index in [1.165, 1.54) is 36.7 Å². The van der Waals surface area contributed by atoms with E-state index < -0.39 is 11.9 Å². The van der Waals surface area contributed by atoms with Crippen molar-refractivity contribution in [2.75, 3.05) is 21.3 Å². The molecule has 0 radical (unpaired) electrons. The normalized spacial score (nSPS) is 10.7. The van der Waals surface area contributed by atoms with E-state index in [1.807, 2.05) is 24.3 Å². The zero-order chi connectivity index (χ0) is 25.8. The number of rotatable bonds is 7. The Morgan fingerprint density at radius 3 is 2.25 bits per heavy atom. The van der Waals surface area contributed by atoms with Crippen LogP contribution in [-0.2, 0) is 9.47 Å². The van der Waals surface area contributed by atoms with Crippen LogP contribution in [0.5, 0.6) is 11.5 Å². The molecule has 0 aliphatic rings. The van der Waals surface area contributed by atoms with Gasteiger partial charge in [0.25, 0.3) is 0 Å². The smallest absolute Gasteiger partial charge is 0.357 e. The van der Waals surface area contributed by atoms with E-state index in [2.05, 4.69) is 5.10 Å². The van der Waals surface area contributed by atoms with Crippen LogP contribution in [0.15, 0.2) is 76.5 Å². The number of hydrogen-bond donors (Lipinski definition) is 1. The maximum atomic E-state index is 12.9. The lowest BCUT2D eigenvalue weighted by Gasteiger charge is -2.11. The second kappa shape index (κ2) is 10.8. The summed E-state index contributed by atoms with van der Waals surface area (Å²) < 4.78 is 16.5. The number of nitrogens with zero attached hydrogens (tertiary/aromatic N) is 2. The highest BCUT2D eigenvalue weighted by molar-refractivity contribution is 7.99. The second-order valence-corrected chi connectivity index (χ2v) is 8.88. The maximum Gasteiger partial charge on any atom is 0.357 e. The van der Waals surface area contributed by atoms with Crippen molar-refractivity contribution >= 4 is 35.3 Å². The Labute approximate surface area is 216 Å². The van der Waals surface area contributed by atoms with Gasteiger partial charge in [-0.1, -0.05) is 53.7 Å². The number of phenols is 1. The van der Waals surface area contributed by atoms with E-state index in [1.54, 1.807) is 43.5 Å². The average Bonchev–Trinajstić information content (AvgIpc) is 3.28. The van der Waals surface area contributed by atoms with E-state index in [4.69, 9.17) is 25.8 Å². The van der Waals surface area contributed by atoms with E-state index in [-0.39, 0.29) is 33.3 Å². The predicted molar refractivity (Wildman–Crippen MR) is 135 cm³/mol. The molecular weight excluding hydrogens is 504 g/mol. The fourth-order valence-electron chi connectivity index (χ4n) is 3.62. The number of methoxy groups -OCH3 is 3. The van der Waals surface area contributed by atoms with Crippen LogP contribution in [0, 0.1) is 0 Å². The van der Waals surface area contributed by atoms with Crippen LogP contribution >= 0.6 is 23.4 Å². The Bertz CT molecular complexity index is 1410. The van der Waals surface area contributed by atoms with Crippen molar-refractivity contribution < 1.29 is 28.9 Å². The van der Waals surface area contributed by atoms with Crippen LogP contribution in [0.25, 0.3) is 16.9 Å². The van der Waals surface area contributed by atoms with Crippen LogP contribution in [0.3, 0.4) is 0 Å². The lowest BCUT2D eigenvalue weighted by Crippen LogP contribution is -2.15. The number of para-hydroxylation sites is 2. The van der Waals surface area contributed by atoms with Crippen LogP contribution in [0.1, 0.15) is 20.8 Å². The standard InChI is InChI=1S/C26H21ClN2O6S/c1-33-19-11-7-8-12-20(19)36-16-13-17(27)21(18(30)14-16)23-22(25(31)34-2)24(26(32)35-3)29(28-23)15-9-5-4-6-10-15/h4-14,30H,1-3H3. The molecule has 0 saturated carbocycles. The summed E-state index contributed by atoms with van der Waals surface area (Å²) >= 11 is 7.97. The fourth-order valence-corrected chi connectivity index (χ4v) is 4.99. The molecule has 36 heavy (non-hydrogen) atoms. The fraction of sp³-hybridized carbons (Fsp3) is 0.115. The summed E-state index contributed by atoms with van der Waals surface area (Å²) in [6.07, 6.45) is 0. The molecule has 1 N–H and O–H groups in total. The molecule has 4 rings (SSSR count). The SMILES string of the molecule is COC(=O)c1c(-c2c(O)cc(Sc3ccccc3OC)cc2Cl)nn(-c2ccccc2)c1C(=O)OC. The average molecular weight is 525 g/mol. The molecule has 0 spiro atoms. The first-order valence-electron chi connectivity index (χ1n) is 10.6. The third-order valence-electron chi connectivity index (χ3n) is 5.23. The van der Waals surface area contributed by atoms with Gasteiger partial charge in [-0.2, -0.15) is 5.10 Å². The Balaban J connectivity index is 1.91. The molecule has 3 aromatic carbocycles. The first-order chi connectivity index (χ1) is 17.4. The highest BCUT2D eigenvalue weighted by atomic mass is 35.5.